The van der Waals surface area contributed by atoms with E-state index in [0.717, 1.165) is 29.7 Å². The minimum atomic E-state index is -0.953. The molecule has 2 aromatic carbocycles. The van der Waals surface area contributed by atoms with Gasteiger partial charge in [0.05, 0.1) is 25.0 Å². The SMILES string of the molecule is O=C(O)C[C@H](NC(=O)Cc1ccccc1)c1ccc(OC2CCCC2)cc1. The Balaban J connectivity index is 1.64. The first kappa shape index (κ1) is 19.0. The van der Waals surface area contributed by atoms with Crippen LogP contribution in [0.25, 0.3) is 0 Å². The number of rotatable bonds is 8. The van der Waals surface area contributed by atoms with Crippen molar-refractivity contribution in [1.82, 2.24) is 5.32 Å². The van der Waals surface area contributed by atoms with E-state index < -0.39 is 12.0 Å². The zero-order valence-corrected chi connectivity index (χ0v) is 15.3. The average molecular weight is 367 g/mol. The van der Waals surface area contributed by atoms with Crippen LogP contribution >= 0.6 is 0 Å². The number of aliphatic carboxylic acids is 1. The Labute approximate surface area is 159 Å². The Hall–Kier alpha value is -2.82. The minimum Gasteiger partial charge on any atom is -0.490 e. The lowest BCUT2D eigenvalue weighted by Gasteiger charge is -2.19. The molecule has 1 aliphatic rings. The predicted molar refractivity (Wildman–Crippen MR) is 103 cm³/mol. The van der Waals surface area contributed by atoms with Crippen LogP contribution in [0, 0.1) is 0 Å². The number of carboxylic acid groups (broad SMARTS) is 1. The number of ether oxygens (including phenoxy) is 1. The molecule has 0 spiro atoms. The third-order valence-corrected chi connectivity index (χ3v) is 4.81. The van der Waals surface area contributed by atoms with Crippen molar-refractivity contribution in [2.24, 2.45) is 0 Å². The molecule has 0 saturated heterocycles. The maximum absolute atomic E-state index is 12.3. The third-order valence-electron chi connectivity index (χ3n) is 4.81. The molecule has 0 aromatic heterocycles. The molecule has 5 heteroatoms. The van der Waals surface area contributed by atoms with E-state index in [0.29, 0.717) is 0 Å². The molecule has 3 rings (SSSR count). The van der Waals surface area contributed by atoms with Gasteiger partial charge < -0.3 is 15.2 Å². The lowest BCUT2D eigenvalue weighted by Crippen LogP contribution is -2.31. The van der Waals surface area contributed by atoms with Crippen LogP contribution in [0.4, 0.5) is 0 Å². The molecule has 0 aliphatic heterocycles. The first-order valence-corrected chi connectivity index (χ1v) is 9.42. The molecule has 2 N–H and O–H groups in total. The van der Waals surface area contributed by atoms with Gasteiger partial charge in [-0.3, -0.25) is 9.59 Å². The highest BCUT2D eigenvalue weighted by Crippen LogP contribution is 2.26. The molecule has 142 valence electrons. The summed E-state index contributed by atoms with van der Waals surface area (Å²) in [6.45, 7) is 0. The van der Waals surface area contributed by atoms with Gasteiger partial charge in [-0.05, 0) is 48.9 Å². The molecule has 2 aromatic rings. The summed E-state index contributed by atoms with van der Waals surface area (Å²) in [6.07, 6.45) is 4.91. The summed E-state index contributed by atoms with van der Waals surface area (Å²) in [6, 6.07) is 16.2. The van der Waals surface area contributed by atoms with Gasteiger partial charge in [-0.2, -0.15) is 0 Å². The Morgan fingerprint density at radius 1 is 1.04 bits per heavy atom. The standard InChI is InChI=1S/C22H25NO4/c24-21(14-16-6-2-1-3-7-16)23-20(15-22(25)26)17-10-12-19(13-11-17)27-18-8-4-5-9-18/h1-3,6-7,10-13,18,20H,4-5,8-9,14-15H2,(H,23,24)(H,25,26)/t20-/m0/s1. The van der Waals surface area contributed by atoms with Crippen molar-refractivity contribution in [2.75, 3.05) is 0 Å². The lowest BCUT2D eigenvalue weighted by atomic mass is 10.0. The van der Waals surface area contributed by atoms with E-state index in [9.17, 15) is 14.7 Å². The first-order chi connectivity index (χ1) is 13.1. The number of carbonyl (C=O) groups is 2. The van der Waals surface area contributed by atoms with E-state index in [1.54, 1.807) is 0 Å². The number of carbonyl (C=O) groups excluding carboxylic acids is 1. The summed E-state index contributed by atoms with van der Waals surface area (Å²) >= 11 is 0. The Bertz CT molecular complexity index is 752. The fraction of sp³-hybridized carbons (Fsp3) is 0.364. The van der Waals surface area contributed by atoms with E-state index in [1.807, 2.05) is 54.6 Å². The van der Waals surface area contributed by atoms with Gasteiger partial charge in [0.15, 0.2) is 0 Å². The molecule has 5 nitrogen and oxygen atoms in total. The van der Waals surface area contributed by atoms with Crippen molar-refractivity contribution in [2.45, 2.75) is 50.7 Å². The molecule has 27 heavy (non-hydrogen) atoms. The third kappa shape index (κ3) is 5.84. The highest BCUT2D eigenvalue weighted by molar-refractivity contribution is 5.80. The molecule has 1 atom stereocenters. The minimum absolute atomic E-state index is 0.163. The molecular formula is C22H25NO4. The Morgan fingerprint density at radius 3 is 2.33 bits per heavy atom. The largest absolute Gasteiger partial charge is 0.490 e. The van der Waals surface area contributed by atoms with Gasteiger partial charge >= 0.3 is 5.97 Å². The van der Waals surface area contributed by atoms with E-state index in [1.165, 1.54) is 12.8 Å². The number of nitrogens with one attached hydrogen (secondary N) is 1. The fourth-order valence-corrected chi connectivity index (χ4v) is 3.43. The molecule has 1 amide bonds. The van der Waals surface area contributed by atoms with Gasteiger partial charge in [0.25, 0.3) is 0 Å². The molecule has 0 bridgehead atoms. The first-order valence-electron chi connectivity index (χ1n) is 9.42. The molecule has 0 radical (unpaired) electrons. The number of amides is 1. The maximum atomic E-state index is 12.3. The van der Waals surface area contributed by atoms with E-state index >= 15 is 0 Å². The van der Waals surface area contributed by atoms with Crippen molar-refractivity contribution in [3.8, 4) is 5.75 Å². The van der Waals surface area contributed by atoms with Crippen molar-refractivity contribution in [3.05, 3.63) is 65.7 Å². The molecule has 0 unspecified atom stereocenters. The molecule has 0 heterocycles. The van der Waals surface area contributed by atoms with Gasteiger partial charge in [0, 0.05) is 0 Å². The number of benzene rings is 2. The second-order valence-electron chi connectivity index (χ2n) is 6.97. The lowest BCUT2D eigenvalue weighted by molar-refractivity contribution is -0.137. The summed E-state index contributed by atoms with van der Waals surface area (Å²) in [5, 5.41) is 12.1. The van der Waals surface area contributed by atoms with Crippen LogP contribution in [0.2, 0.25) is 0 Å². The number of carboxylic acids is 1. The quantitative estimate of drug-likeness (QED) is 0.742. The summed E-state index contributed by atoms with van der Waals surface area (Å²) in [5.41, 5.74) is 1.65. The van der Waals surface area contributed by atoms with Crippen LogP contribution in [-0.4, -0.2) is 23.1 Å². The Morgan fingerprint density at radius 2 is 1.70 bits per heavy atom. The number of hydrogen-bond acceptors (Lipinski definition) is 3. The molecule has 1 fully saturated rings. The summed E-state index contributed by atoms with van der Waals surface area (Å²) in [4.78, 5) is 23.6. The van der Waals surface area contributed by atoms with Crippen LogP contribution in [-0.2, 0) is 16.0 Å². The van der Waals surface area contributed by atoms with E-state index in [2.05, 4.69) is 5.32 Å². The van der Waals surface area contributed by atoms with Crippen molar-refractivity contribution in [1.29, 1.82) is 0 Å². The van der Waals surface area contributed by atoms with Crippen LogP contribution in [0.3, 0.4) is 0 Å². The smallest absolute Gasteiger partial charge is 0.305 e. The van der Waals surface area contributed by atoms with Gasteiger partial charge in [0.1, 0.15) is 5.75 Å². The molecule has 1 saturated carbocycles. The summed E-state index contributed by atoms with van der Waals surface area (Å²) < 4.78 is 5.95. The normalized spacial score (nSPS) is 15.3. The average Bonchev–Trinajstić information content (AvgIpc) is 3.15. The zero-order chi connectivity index (χ0) is 19.1. The monoisotopic (exact) mass is 367 g/mol. The van der Waals surface area contributed by atoms with Crippen molar-refractivity contribution >= 4 is 11.9 Å². The van der Waals surface area contributed by atoms with Crippen LogP contribution in [0.1, 0.15) is 49.3 Å². The van der Waals surface area contributed by atoms with Gasteiger partial charge in [-0.1, -0.05) is 42.5 Å². The van der Waals surface area contributed by atoms with Crippen molar-refractivity contribution < 1.29 is 19.4 Å². The van der Waals surface area contributed by atoms with E-state index in [-0.39, 0.29) is 24.9 Å². The fourth-order valence-electron chi connectivity index (χ4n) is 3.43. The highest BCUT2D eigenvalue weighted by Gasteiger charge is 2.20. The Kier molecular flexibility index (Phi) is 6.47. The maximum Gasteiger partial charge on any atom is 0.305 e. The number of hydrogen-bond donors (Lipinski definition) is 2. The summed E-state index contributed by atoms with van der Waals surface area (Å²) in [7, 11) is 0. The van der Waals surface area contributed by atoms with E-state index in [4.69, 9.17) is 4.74 Å². The molecule has 1 aliphatic carbocycles. The van der Waals surface area contributed by atoms with Crippen LogP contribution in [0.15, 0.2) is 54.6 Å². The zero-order valence-electron chi connectivity index (χ0n) is 15.3. The van der Waals surface area contributed by atoms with Crippen LogP contribution in [0.5, 0.6) is 5.75 Å². The second-order valence-corrected chi connectivity index (χ2v) is 6.97. The molecular weight excluding hydrogens is 342 g/mol. The van der Waals surface area contributed by atoms with Crippen LogP contribution < -0.4 is 10.1 Å². The summed E-state index contributed by atoms with van der Waals surface area (Å²) in [5.74, 6) is -0.361. The van der Waals surface area contributed by atoms with Gasteiger partial charge in [0.2, 0.25) is 5.91 Å². The van der Waals surface area contributed by atoms with Crippen molar-refractivity contribution in [3.63, 3.8) is 0 Å². The predicted octanol–water partition coefficient (Wildman–Crippen LogP) is 3.88. The van der Waals surface area contributed by atoms with Gasteiger partial charge in [-0.25, -0.2) is 0 Å². The second kappa shape index (κ2) is 9.21. The van der Waals surface area contributed by atoms with Gasteiger partial charge in [-0.15, -0.1) is 0 Å². The highest BCUT2D eigenvalue weighted by atomic mass is 16.5. The topological polar surface area (TPSA) is 75.6 Å².